The molecule has 0 fully saturated rings. The van der Waals surface area contributed by atoms with E-state index in [9.17, 15) is 14.7 Å². The van der Waals surface area contributed by atoms with E-state index in [1.165, 1.54) is 11.8 Å². The Morgan fingerprint density at radius 1 is 1.06 bits per heavy atom. The summed E-state index contributed by atoms with van der Waals surface area (Å²) >= 11 is 1.46. The first kappa shape index (κ1) is 23.4. The summed E-state index contributed by atoms with van der Waals surface area (Å²) in [5, 5.41) is 18.6. The molecule has 0 spiro atoms. The van der Waals surface area contributed by atoms with Gasteiger partial charge in [0.05, 0.1) is 12.2 Å². The van der Waals surface area contributed by atoms with Crippen LogP contribution >= 0.6 is 11.8 Å². The quantitative estimate of drug-likeness (QED) is 0.313. The first-order chi connectivity index (χ1) is 16.6. The number of hydrogen-bond acceptors (Lipinski definition) is 6. The molecular formula is C26H26N4O3S. The molecular weight excluding hydrogens is 448 g/mol. The van der Waals surface area contributed by atoms with E-state index in [2.05, 4.69) is 27.0 Å². The number of amides is 1. The van der Waals surface area contributed by atoms with E-state index in [4.69, 9.17) is 0 Å². The lowest BCUT2D eigenvalue weighted by Crippen LogP contribution is -2.23. The number of carbonyl (C=O) groups excluding carboxylic acids is 1. The lowest BCUT2D eigenvalue weighted by Gasteiger charge is -2.17. The van der Waals surface area contributed by atoms with Crippen molar-refractivity contribution >= 4 is 35.0 Å². The van der Waals surface area contributed by atoms with Gasteiger partial charge in [-0.1, -0.05) is 6.07 Å². The maximum atomic E-state index is 12.7. The predicted octanol–water partition coefficient (Wildman–Crippen LogP) is 5.28. The molecule has 1 aliphatic heterocycles. The molecule has 0 saturated carbocycles. The van der Waals surface area contributed by atoms with Gasteiger partial charge in [-0.2, -0.15) is 0 Å². The summed E-state index contributed by atoms with van der Waals surface area (Å²) in [5.41, 5.74) is 3.01. The Morgan fingerprint density at radius 3 is 2.47 bits per heavy atom. The minimum atomic E-state index is -0.863. The third-order valence-corrected chi connectivity index (χ3v) is 6.55. The second-order valence-corrected chi connectivity index (χ2v) is 9.13. The number of carboxylic acids is 1. The van der Waals surface area contributed by atoms with E-state index in [-0.39, 0.29) is 17.6 Å². The number of pyridine rings is 1. The van der Waals surface area contributed by atoms with Crippen LogP contribution in [0.3, 0.4) is 0 Å². The van der Waals surface area contributed by atoms with Gasteiger partial charge in [-0.15, -0.1) is 11.8 Å². The highest BCUT2D eigenvalue weighted by Crippen LogP contribution is 2.37. The number of allylic oxidation sites excluding steroid dienone is 1. The molecule has 1 unspecified atom stereocenters. The molecule has 1 aliphatic rings. The lowest BCUT2D eigenvalue weighted by atomic mass is 10.1. The average Bonchev–Trinajstić information content (AvgIpc) is 2.86. The summed E-state index contributed by atoms with van der Waals surface area (Å²) in [6, 6.07) is 18.4. The van der Waals surface area contributed by atoms with Gasteiger partial charge in [0, 0.05) is 46.0 Å². The van der Waals surface area contributed by atoms with Crippen molar-refractivity contribution in [3.8, 4) is 0 Å². The van der Waals surface area contributed by atoms with Crippen molar-refractivity contribution in [3.63, 3.8) is 0 Å². The third-order valence-electron chi connectivity index (χ3n) is 5.28. The van der Waals surface area contributed by atoms with E-state index >= 15 is 0 Å². The van der Waals surface area contributed by atoms with Crippen LogP contribution in [0.4, 0.5) is 11.4 Å². The molecule has 2 aromatic carbocycles. The highest BCUT2D eigenvalue weighted by atomic mass is 32.2. The molecule has 4 rings (SSSR count). The fraction of sp³-hybridized carbons (Fsp3) is 0.192. The van der Waals surface area contributed by atoms with Crippen molar-refractivity contribution in [2.45, 2.75) is 29.4 Å². The molecule has 2 heterocycles. The van der Waals surface area contributed by atoms with Crippen LogP contribution in [0.1, 0.15) is 40.4 Å². The van der Waals surface area contributed by atoms with E-state index in [1.54, 1.807) is 30.6 Å². The van der Waals surface area contributed by atoms with Crippen molar-refractivity contribution in [3.05, 3.63) is 96.1 Å². The van der Waals surface area contributed by atoms with Crippen LogP contribution < -0.4 is 16.0 Å². The minimum Gasteiger partial charge on any atom is -0.481 e. The molecule has 34 heavy (non-hydrogen) atoms. The van der Waals surface area contributed by atoms with Gasteiger partial charge in [0.1, 0.15) is 0 Å². The number of carbonyl (C=O) groups is 2. The zero-order chi connectivity index (χ0) is 23.8. The standard InChI is InChI=1S/C26H26N4O3S/c31-25(32)16-23(19-4-3-14-27-17-19)34-22-12-10-21(11-13-22)30-26(33)18-6-8-20(9-7-18)29-24-5-1-2-15-28-24/h3-14,17,23,28-29H,1-2,15-16H2,(H,30,33)(H,31,32). The highest BCUT2D eigenvalue weighted by molar-refractivity contribution is 7.99. The van der Waals surface area contributed by atoms with Crippen LogP contribution in [0.25, 0.3) is 0 Å². The molecule has 1 amide bonds. The van der Waals surface area contributed by atoms with Gasteiger partial charge in [0.25, 0.3) is 5.91 Å². The molecule has 0 saturated heterocycles. The van der Waals surface area contributed by atoms with Crippen LogP contribution in [0.2, 0.25) is 0 Å². The molecule has 8 heteroatoms. The zero-order valence-electron chi connectivity index (χ0n) is 18.5. The number of nitrogens with one attached hydrogen (secondary N) is 3. The van der Waals surface area contributed by atoms with Gasteiger partial charge >= 0.3 is 5.97 Å². The van der Waals surface area contributed by atoms with Crippen LogP contribution in [0.15, 0.2) is 89.8 Å². The Balaban J connectivity index is 1.35. The summed E-state index contributed by atoms with van der Waals surface area (Å²) in [5.74, 6) is -0.0604. The number of anilines is 2. The smallest absolute Gasteiger partial charge is 0.304 e. The second-order valence-electron chi connectivity index (χ2n) is 7.86. The van der Waals surface area contributed by atoms with Crippen LogP contribution in [0, 0.1) is 0 Å². The maximum absolute atomic E-state index is 12.7. The Hall–Kier alpha value is -3.78. The van der Waals surface area contributed by atoms with E-state index < -0.39 is 5.97 Å². The summed E-state index contributed by atoms with van der Waals surface area (Å²) in [7, 11) is 0. The SMILES string of the molecule is O=C(O)CC(Sc1ccc(NC(=O)c2ccc(NC3=CCCCN3)cc2)cc1)c1cccnc1. The summed E-state index contributed by atoms with van der Waals surface area (Å²) in [6.45, 7) is 0.959. The number of benzene rings is 2. The van der Waals surface area contributed by atoms with Crippen molar-refractivity contribution in [2.24, 2.45) is 0 Å². The number of rotatable bonds is 9. The van der Waals surface area contributed by atoms with Crippen molar-refractivity contribution in [1.82, 2.24) is 10.3 Å². The largest absolute Gasteiger partial charge is 0.481 e. The molecule has 1 aromatic heterocycles. The first-order valence-corrected chi connectivity index (χ1v) is 12.0. The molecule has 0 radical (unpaired) electrons. The third kappa shape index (κ3) is 6.62. The Morgan fingerprint density at radius 2 is 1.82 bits per heavy atom. The summed E-state index contributed by atoms with van der Waals surface area (Å²) in [6.07, 6.45) is 7.67. The van der Waals surface area contributed by atoms with Gasteiger partial charge in [-0.3, -0.25) is 14.6 Å². The Kier molecular flexibility index (Phi) is 7.83. The summed E-state index contributed by atoms with van der Waals surface area (Å²) < 4.78 is 0. The molecule has 4 N–H and O–H groups in total. The van der Waals surface area contributed by atoms with Crippen molar-refractivity contribution in [1.29, 1.82) is 0 Å². The van der Waals surface area contributed by atoms with E-state index in [1.807, 2.05) is 42.5 Å². The van der Waals surface area contributed by atoms with Crippen molar-refractivity contribution < 1.29 is 14.7 Å². The Bertz CT molecular complexity index is 1150. The average molecular weight is 475 g/mol. The maximum Gasteiger partial charge on any atom is 0.304 e. The molecule has 1 atom stereocenters. The van der Waals surface area contributed by atoms with Crippen molar-refractivity contribution in [2.75, 3.05) is 17.2 Å². The van der Waals surface area contributed by atoms with Gasteiger partial charge in [-0.05, 0) is 79.1 Å². The molecule has 3 aromatic rings. The molecule has 0 bridgehead atoms. The fourth-order valence-electron chi connectivity index (χ4n) is 3.54. The zero-order valence-corrected chi connectivity index (χ0v) is 19.3. The number of carboxylic acid groups (broad SMARTS) is 1. The van der Waals surface area contributed by atoms with E-state index in [0.717, 1.165) is 41.4 Å². The van der Waals surface area contributed by atoms with E-state index in [0.29, 0.717) is 11.3 Å². The lowest BCUT2D eigenvalue weighted by molar-refractivity contribution is -0.137. The van der Waals surface area contributed by atoms with Crippen LogP contribution in [-0.2, 0) is 4.79 Å². The van der Waals surface area contributed by atoms with Gasteiger partial charge < -0.3 is 21.1 Å². The highest BCUT2D eigenvalue weighted by Gasteiger charge is 2.17. The number of nitrogens with zero attached hydrogens (tertiary/aromatic N) is 1. The molecule has 7 nitrogen and oxygen atoms in total. The topological polar surface area (TPSA) is 103 Å². The second kappa shape index (κ2) is 11.4. The predicted molar refractivity (Wildman–Crippen MR) is 135 cm³/mol. The normalized spacial score (nSPS) is 13.8. The number of hydrogen-bond donors (Lipinski definition) is 4. The fourth-order valence-corrected chi connectivity index (χ4v) is 4.66. The molecule has 0 aliphatic carbocycles. The molecule has 174 valence electrons. The number of aliphatic carboxylic acids is 1. The first-order valence-electron chi connectivity index (χ1n) is 11.1. The minimum absolute atomic E-state index is 0.00690. The van der Waals surface area contributed by atoms with Crippen LogP contribution in [0.5, 0.6) is 0 Å². The number of thioether (sulfide) groups is 1. The van der Waals surface area contributed by atoms with Crippen LogP contribution in [-0.4, -0.2) is 28.5 Å². The van der Waals surface area contributed by atoms with Gasteiger partial charge in [0.15, 0.2) is 0 Å². The monoisotopic (exact) mass is 474 g/mol. The number of aromatic nitrogens is 1. The van der Waals surface area contributed by atoms with Gasteiger partial charge in [-0.25, -0.2) is 0 Å². The summed E-state index contributed by atoms with van der Waals surface area (Å²) in [4.78, 5) is 29.0. The van der Waals surface area contributed by atoms with Gasteiger partial charge in [0.2, 0.25) is 0 Å². The Labute approximate surface area is 202 Å².